The van der Waals surface area contributed by atoms with Gasteiger partial charge < -0.3 is 9.79 Å². The van der Waals surface area contributed by atoms with E-state index in [-0.39, 0.29) is 88.7 Å². The van der Waals surface area contributed by atoms with Crippen LogP contribution in [0.2, 0.25) is 0 Å². The van der Waals surface area contributed by atoms with Gasteiger partial charge >= 0.3 is 96.4 Å². The Morgan fingerprint density at radius 2 is 1.40 bits per heavy atom. The first kappa shape index (κ1) is 23.5. The fourth-order valence-electron chi connectivity index (χ4n) is 0.466. The first-order valence-electron chi connectivity index (χ1n) is 2.31. The third-order valence-corrected chi connectivity index (χ3v) is 5.78. The SMILES string of the molecule is N=P1([O-])OP(N)(=O)OP(=O)([O-])O1.[Na+].[Na+].[Na+]. The van der Waals surface area contributed by atoms with Gasteiger partial charge in [-0.05, 0) is 0 Å². The van der Waals surface area contributed by atoms with Crippen molar-refractivity contribution in [1.82, 2.24) is 0 Å². The summed E-state index contributed by atoms with van der Waals surface area (Å²) < 4.78 is 31.9. The molecule has 3 atom stereocenters. The van der Waals surface area contributed by atoms with Gasteiger partial charge in [-0.15, -0.1) is 0 Å². The number of hydrogen-bond donors (Lipinski definition) is 2. The van der Waals surface area contributed by atoms with Crippen molar-refractivity contribution in [2.24, 2.45) is 5.50 Å². The molecule has 1 fully saturated rings. The van der Waals surface area contributed by atoms with Gasteiger partial charge in [0.1, 0.15) is 0 Å². The molecule has 0 aliphatic carbocycles. The summed E-state index contributed by atoms with van der Waals surface area (Å²) in [5, 5.41) is 6.54. The molecule has 0 saturated carbocycles. The van der Waals surface area contributed by atoms with Crippen LogP contribution in [-0.2, 0) is 22.1 Å². The van der Waals surface area contributed by atoms with Crippen LogP contribution in [0.4, 0.5) is 0 Å². The minimum Gasteiger partial charge on any atom is -0.773 e. The quantitative estimate of drug-likeness (QED) is 0.330. The first-order chi connectivity index (χ1) is 5.12. The van der Waals surface area contributed by atoms with Crippen LogP contribution in [0.3, 0.4) is 0 Å². The number of nitrogens with one attached hydrogen (secondary N) is 1. The summed E-state index contributed by atoms with van der Waals surface area (Å²) in [4.78, 5) is 21.0. The molecule has 15 heteroatoms. The topological polar surface area (TPSA) is 158 Å². The molecule has 0 aromatic heterocycles. The van der Waals surface area contributed by atoms with Crippen molar-refractivity contribution < 1.29 is 121 Å². The molecule has 0 aromatic carbocycles. The molecule has 1 rings (SSSR count). The van der Waals surface area contributed by atoms with Crippen molar-refractivity contribution in [3.63, 3.8) is 0 Å². The third kappa shape index (κ3) is 9.05. The normalized spacial score (nSPS) is 44.2. The number of phosphoric acid groups is 1. The average Bonchev–Trinajstić information content (AvgIpc) is 1.44. The van der Waals surface area contributed by atoms with E-state index < -0.39 is 23.3 Å². The molecule has 0 aromatic rings. The van der Waals surface area contributed by atoms with Crippen LogP contribution in [-0.4, -0.2) is 0 Å². The van der Waals surface area contributed by atoms with Gasteiger partial charge in [-0.2, -0.15) is 0 Å². The second-order valence-electron chi connectivity index (χ2n) is 1.73. The van der Waals surface area contributed by atoms with E-state index in [1.165, 1.54) is 0 Å². The smallest absolute Gasteiger partial charge is 0.773 e. The number of nitrogens with two attached hydrogens (primary N) is 1. The summed E-state index contributed by atoms with van der Waals surface area (Å²) >= 11 is 0. The number of rotatable bonds is 0. The average molecular weight is 305 g/mol. The Hall–Kier alpha value is 3.45. The van der Waals surface area contributed by atoms with Crippen LogP contribution in [0, 0.1) is 5.16 Å². The zero-order chi connectivity index (χ0) is 9.62. The molecule has 9 nitrogen and oxygen atoms in total. The second-order valence-corrected chi connectivity index (χ2v) is 6.66. The van der Waals surface area contributed by atoms with E-state index in [1.807, 2.05) is 0 Å². The van der Waals surface area contributed by atoms with E-state index in [4.69, 9.17) is 5.16 Å². The maximum absolute atomic E-state index is 10.7. The molecule has 1 saturated heterocycles. The molecule has 0 bridgehead atoms. The molecule has 3 N–H and O–H groups in total. The molecule has 1 aliphatic rings. The largest absolute Gasteiger partial charge is 1.00 e. The second kappa shape index (κ2) is 7.90. The molecule has 15 heavy (non-hydrogen) atoms. The van der Waals surface area contributed by atoms with Gasteiger partial charge in [0.2, 0.25) is 0 Å². The van der Waals surface area contributed by atoms with Crippen LogP contribution >= 0.6 is 23.3 Å². The maximum atomic E-state index is 10.7. The van der Waals surface area contributed by atoms with Gasteiger partial charge in [-0.25, -0.2) is 18.7 Å². The van der Waals surface area contributed by atoms with E-state index in [0.29, 0.717) is 0 Å². The van der Waals surface area contributed by atoms with E-state index >= 15 is 0 Å². The van der Waals surface area contributed by atoms with Crippen molar-refractivity contribution in [2.45, 2.75) is 0 Å². The summed E-state index contributed by atoms with van der Waals surface area (Å²) in [5.74, 6) is 0. The van der Waals surface area contributed by atoms with Crippen LogP contribution < -0.4 is 104 Å². The third-order valence-electron chi connectivity index (χ3n) is 0.643. The predicted octanol–water partition coefficient (Wildman–Crippen LogP) is -9.52. The van der Waals surface area contributed by atoms with Gasteiger partial charge in [0.25, 0.3) is 7.82 Å². The van der Waals surface area contributed by atoms with Crippen LogP contribution in [0.5, 0.6) is 0 Å². The van der Waals surface area contributed by atoms with Gasteiger partial charge in [-0.1, -0.05) is 0 Å². The maximum Gasteiger partial charge on any atom is 1.00 e. The van der Waals surface area contributed by atoms with E-state index in [9.17, 15) is 18.9 Å². The molecular formula is H3N2Na3O7P3+. The molecule has 1 aliphatic heterocycles. The minimum atomic E-state index is -5.04. The monoisotopic (exact) mass is 305 g/mol. The molecule has 1 heterocycles. The van der Waals surface area contributed by atoms with Crippen LogP contribution in [0.25, 0.3) is 0 Å². The Labute approximate surface area is 152 Å². The van der Waals surface area contributed by atoms with Crippen molar-refractivity contribution in [1.29, 1.82) is 5.16 Å². The zero-order valence-electron chi connectivity index (χ0n) is 8.28. The van der Waals surface area contributed by atoms with Crippen molar-refractivity contribution in [3.8, 4) is 0 Å². The fraction of sp³-hybridized carbons (Fsp3) is 0. The minimum absolute atomic E-state index is 0. The zero-order valence-corrected chi connectivity index (χ0v) is 17.0. The van der Waals surface area contributed by atoms with Crippen molar-refractivity contribution in [3.05, 3.63) is 0 Å². The van der Waals surface area contributed by atoms with E-state index in [0.717, 1.165) is 0 Å². The van der Waals surface area contributed by atoms with Crippen molar-refractivity contribution >= 4 is 23.3 Å². The first-order valence-corrected chi connectivity index (χ1v) is 6.92. The molecule has 0 spiro atoms. The Kier molecular flexibility index (Phi) is 12.4. The number of hydrogen-bond acceptors (Lipinski definition) is 8. The Bertz CT molecular complexity index is 272. The molecule has 3 unspecified atom stereocenters. The molecule has 72 valence electrons. The van der Waals surface area contributed by atoms with Gasteiger partial charge in [0.05, 0.1) is 0 Å². The standard InChI is InChI=1S/H4N2O7P3.3Na/c1-10(3)7-11(2,4)9-12(5,6)8-10;;;/h(H4-,1,2,3,4,5,6);;;/q-1;3*+1/p-1. The predicted molar refractivity (Wildman–Crippen MR) is 32.3 cm³/mol. The fourth-order valence-corrected chi connectivity index (χ4v) is 5.00. The summed E-state index contributed by atoms with van der Waals surface area (Å²) in [7, 11) is -14.2. The molecule has 0 radical (unpaired) electrons. The summed E-state index contributed by atoms with van der Waals surface area (Å²) in [5.41, 5.74) is 4.60. The van der Waals surface area contributed by atoms with Crippen LogP contribution in [0.15, 0.2) is 0 Å². The van der Waals surface area contributed by atoms with E-state index in [2.05, 4.69) is 18.4 Å². The molecule has 0 amide bonds. The van der Waals surface area contributed by atoms with E-state index in [1.54, 1.807) is 0 Å². The Balaban J connectivity index is -0.000000480. The van der Waals surface area contributed by atoms with Crippen LogP contribution in [0.1, 0.15) is 0 Å². The van der Waals surface area contributed by atoms with Gasteiger partial charge in [0, 0.05) is 0 Å². The summed E-state index contributed by atoms with van der Waals surface area (Å²) in [6.45, 7) is 0. The van der Waals surface area contributed by atoms with Crippen molar-refractivity contribution in [2.75, 3.05) is 0 Å². The summed E-state index contributed by atoms with van der Waals surface area (Å²) in [6, 6.07) is 0. The Morgan fingerprint density at radius 1 is 1.00 bits per heavy atom. The van der Waals surface area contributed by atoms with Gasteiger partial charge in [-0.3, -0.25) is 14.0 Å². The van der Waals surface area contributed by atoms with Gasteiger partial charge in [0.15, 0.2) is 7.74 Å². The Morgan fingerprint density at radius 3 is 1.67 bits per heavy atom. The molecular weight excluding hydrogens is 302 g/mol. The summed E-state index contributed by atoms with van der Waals surface area (Å²) in [6.07, 6.45) is 0.